The highest BCUT2D eigenvalue weighted by atomic mass is 16.1. The lowest BCUT2D eigenvalue weighted by Crippen LogP contribution is -2.33. The van der Waals surface area contributed by atoms with Gasteiger partial charge in [-0.3, -0.25) is 9.48 Å². The molecule has 1 aromatic rings. The molecule has 1 aliphatic heterocycles. The van der Waals surface area contributed by atoms with E-state index in [9.17, 15) is 4.79 Å². The van der Waals surface area contributed by atoms with Crippen molar-refractivity contribution >= 4 is 5.91 Å². The summed E-state index contributed by atoms with van der Waals surface area (Å²) in [5.74, 6) is 0.673. The molecule has 2 rings (SSSR count). The molecule has 1 aliphatic rings. The van der Waals surface area contributed by atoms with Gasteiger partial charge in [0, 0.05) is 31.9 Å². The van der Waals surface area contributed by atoms with Gasteiger partial charge in [0.15, 0.2) is 0 Å². The topological polar surface area (TPSA) is 59.0 Å². The molecule has 1 fully saturated rings. The number of aryl methyl sites for hydroxylation is 1. The minimum atomic E-state index is 0.108. The smallest absolute Gasteiger partial charge is 0.224 e. The molecule has 0 bridgehead atoms. The number of aromatic nitrogens is 2. The van der Waals surface area contributed by atoms with E-state index in [4.69, 9.17) is 0 Å². The molecule has 16 heavy (non-hydrogen) atoms. The molecular weight excluding hydrogens is 204 g/mol. The third kappa shape index (κ3) is 2.41. The van der Waals surface area contributed by atoms with Gasteiger partial charge >= 0.3 is 0 Å². The van der Waals surface area contributed by atoms with Gasteiger partial charge in [-0.25, -0.2) is 0 Å². The summed E-state index contributed by atoms with van der Waals surface area (Å²) in [5, 5.41) is 10.2. The summed E-state index contributed by atoms with van der Waals surface area (Å²) >= 11 is 0. The zero-order valence-corrected chi connectivity index (χ0v) is 9.73. The second-order valence-corrected chi connectivity index (χ2v) is 4.48. The SMILES string of the molecule is CC1CNCC1C(=O)NCc1cnn(C)c1. The van der Waals surface area contributed by atoms with Gasteiger partial charge in [0.05, 0.1) is 12.1 Å². The van der Waals surface area contributed by atoms with Crippen molar-refractivity contribution in [1.29, 1.82) is 0 Å². The number of carbonyl (C=O) groups is 1. The lowest BCUT2D eigenvalue weighted by atomic mass is 9.97. The Morgan fingerprint density at radius 3 is 3.06 bits per heavy atom. The lowest BCUT2D eigenvalue weighted by Gasteiger charge is -2.13. The first-order valence-corrected chi connectivity index (χ1v) is 5.63. The summed E-state index contributed by atoms with van der Waals surface area (Å²) in [6, 6.07) is 0. The zero-order valence-electron chi connectivity index (χ0n) is 9.73. The van der Waals surface area contributed by atoms with Crippen LogP contribution in [-0.4, -0.2) is 28.8 Å². The second-order valence-electron chi connectivity index (χ2n) is 4.48. The van der Waals surface area contributed by atoms with Crippen molar-refractivity contribution in [3.05, 3.63) is 18.0 Å². The van der Waals surface area contributed by atoms with E-state index in [0.29, 0.717) is 12.5 Å². The highest BCUT2D eigenvalue weighted by Gasteiger charge is 2.29. The van der Waals surface area contributed by atoms with Crippen molar-refractivity contribution in [2.75, 3.05) is 13.1 Å². The van der Waals surface area contributed by atoms with Crippen molar-refractivity contribution < 1.29 is 4.79 Å². The van der Waals surface area contributed by atoms with Gasteiger partial charge in [0.25, 0.3) is 0 Å². The van der Waals surface area contributed by atoms with Gasteiger partial charge in [-0.15, -0.1) is 0 Å². The van der Waals surface area contributed by atoms with Crippen molar-refractivity contribution in [1.82, 2.24) is 20.4 Å². The zero-order chi connectivity index (χ0) is 11.5. The summed E-state index contributed by atoms with van der Waals surface area (Å²) in [6.45, 7) is 4.40. The van der Waals surface area contributed by atoms with Crippen LogP contribution in [0.3, 0.4) is 0 Å². The number of rotatable bonds is 3. The van der Waals surface area contributed by atoms with E-state index in [0.717, 1.165) is 18.7 Å². The fraction of sp³-hybridized carbons (Fsp3) is 0.636. The van der Waals surface area contributed by atoms with Crippen LogP contribution in [0.2, 0.25) is 0 Å². The number of hydrogen-bond donors (Lipinski definition) is 2. The molecule has 0 aromatic carbocycles. The third-order valence-corrected chi connectivity index (χ3v) is 3.08. The predicted molar refractivity (Wildman–Crippen MR) is 60.6 cm³/mol. The van der Waals surface area contributed by atoms with E-state index < -0.39 is 0 Å². The highest BCUT2D eigenvalue weighted by Crippen LogP contribution is 2.15. The summed E-state index contributed by atoms with van der Waals surface area (Å²) in [6.07, 6.45) is 3.69. The largest absolute Gasteiger partial charge is 0.352 e. The number of amides is 1. The third-order valence-electron chi connectivity index (χ3n) is 3.08. The Kier molecular flexibility index (Phi) is 3.24. The molecule has 1 aromatic heterocycles. The first kappa shape index (κ1) is 11.1. The Bertz CT molecular complexity index is 374. The molecular formula is C11H18N4O. The van der Waals surface area contributed by atoms with Gasteiger partial charge in [0.1, 0.15) is 0 Å². The lowest BCUT2D eigenvalue weighted by molar-refractivity contribution is -0.125. The molecule has 2 unspecified atom stereocenters. The van der Waals surface area contributed by atoms with E-state index in [1.54, 1.807) is 10.9 Å². The molecule has 2 heterocycles. The van der Waals surface area contributed by atoms with Gasteiger partial charge < -0.3 is 10.6 Å². The minimum Gasteiger partial charge on any atom is -0.352 e. The van der Waals surface area contributed by atoms with Crippen molar-refractivity contribution in [2.24, 2.45) is 18.9 Å². The monoisotopic (exact) mass is 222 g/mol. The molecule has 5 heteroatoms. The van der Waals surface area contributed by atoms with E-state index in [-0.39, 0.29) is 11.8 Å². The Labute approximate surface area is 95.2 Å². The molecule has 0 spiro atoms. The molecule has 2 N–H and O–H groups in total. The van der Waals surface area contributed by atoms with Crippen LogP contribution in [-0.2, 0) is 18.4 Å². The van der Waals surface area contributed by atoms with Crippen LogP contribution >= 0.6 is 0 Å². The van der Waals surface area contributed by atoms with Crippen LogP contribution in [0, 0.1) is 11.8 Å². The highest BCUT2D eigenvalue weighted by molar-refractivity contribution is 5.79. The van der Waals surface area contributed by atoms with Gasteiger partial charge in [-0.05, 0) is 12.5 Å². The van der Waals surface area contributed by atoms with Crippen LogP contribution < -0.4 is 10.6 Å². The second kappa shape index (κ2) is 4.65. The maximum atomic E-state index is 11.9. The van der Waals surface area contributed by atoms with Crippen LogP contribution in [0.4, 0.5) is 0 Å². The number of hydrogen-bond acceptors (Lipinski definition) is 3. The fourth-order valence-corrected chi connectivity index (χ4v) is 2.04. The first-order valence-electron chi connectivity index (χ1n) is 5.63. The Hall–Kier alpha value is -1.36. The van der Waals surface area contributed by atoms with Crippen LogP contribution in [0.5, 0.6) is 0 Å². The van der Waals surface area contributed by atoms with E-state index in [1.807, 2.05) is 13.2 Å². The quantitative estimate of drug-likeness (QED) is 0.750. The number of carbonyl (C=O) groups excluding carboxylic acids is 1. The Morgan fingerprint density at radius 2 is 2.50 bits per heavy atom. The summed E-state index contributed by atoms with van der Waals surface area (Å²) in [5.41, 5.74) is 1.04. The summed E-state index contributed by atoms with van der Waals surface area (Å²) in [7, 11) is 1.87. The van der Waals surface area contributed by atoms with Crippen LogP contribution in [0.15, 0.2) is 12.4 Å². The molecule has 88 valence electrons. The predicted octanol–water partition coefficient (Wildman–Crippen LogP) is -0.108. The summed E-state index contributed by atoms with van der Waals surface area (Å²) < 4.78 is 1.74. The van der Waals surface area contributed by atoms with Crippen LogP contribution in [0.25, 0.3) is 0 Å². The normalized spacial score (nSPS) is 24.6. The summed E-state index contributed by atoms with van der Waals surface area (Å²) in [4.78, 5) is 11.9. The Morgan fingerprint density at radius 1 is 1.69 bits per heavy atom. The Balaban J connectivity index is 1.83. The van der Waals surface area contributed by atoms with Gasteiger partial charge in [-0.2, -0.15) is 5.10 Å². The first-order chi connectivity index (χ1) is 7.66. The maximum absolute atomic E-state index is 11.9. The van der Waals surface area contributed by atoms with Gasteiger partial charge in [0.2, 0.25) is 5.91 Å². The maximum Gasteiger partial charge on any atom is 0.224 e. The molecule has 0 radical (unpaired) electrons. The minimum absolute atomic E-state index is 0.108. The van der Waals surface area contributed by atoms with Crippen LogP contribution in [0.1, 0.15) is 12.5 Å². The van der Waals surface area contributed by atoms with E-state index in [1.165, 1.54) is 0 Å². The van der Waals surface area contributed by atoms with E-state index in [2.05, 4.69) is 22.7 Å². The average Bonchev–Trinajstić information content (AvgIpc) is 2.84. The van der Waals surface area contributed by atoms with E-state index >= 15 is 0 Å². The van der Waals surface area contributed by atoms with Crippen molar-refractivity contribution in [2.45, 2.75) is 13.5 Å². The van der Waals surface area contributed by atoms with Gasteiger partial charge in [-0.1, -0.05) is 6.92 Å². The van der Waals surface area contributed by atoms with Crippen molar-refractivity contribution in [3.8, 4) is 0 Å². The molecule has 1 amide bonds. The molecule has 2 atom stereocenters. The molecule has 1 saturated heterocycles. The average molecular weight is 222 g/mol. The van der Waals surface area contributed by atoms with Crippen molar-refractivity contribution in [3.63, 3.8) is 0 Å². The standard InChI is InChI=1S/C11H18N4O/c1-8-3-12-6-10(8)11(16)13-4-9-5-14-15(2)7-9/h5,7-8,10,12H,3-4,6H2,1-2H3,(H,13,16). The molecule has 0 saturated carbocycles. The molecule has 5 nitrogen and oxygen atoms in total. The molecule has 0 aliphatic carbocycles. The fourth-order valence-electron chi connectivity index (χ4n) is 2.04. The number of nitrogens with zero attached hydrogens (tertiary/aromatic N) is 2. The number of nitrogens with one attached hydrogen (secondary N) is 2.